The summed E-state index contributed by atoms with van der Waals surface area (Å²) in [7, 11) is -5.43. The number of ether oxygens (including phenoxy) is 2. The van der Waals surface area contributed by atoms with Gasteiger partial charge in [-0.1, -0.05) is 18.2 Å². The molecule has 36 heavy (non-hydrogen) atoms. The van der Waals surface area contributed by atoms with Crippen LogP contribution in [0, 0.1) is 0 Å². The molecule has 0 fully saturated rings. The summed E-state index contributed by atoms with van der Waals surface area (Å²) in [6, 6.07) is 15.7. The molecule has 2 heterocycles. The molecule has 1 aliphatic rings. The van der Waals surface area contributed by atoms with Crippen molar-refractivity contribution in [3.05, 3.63) is 76.1 Å². The third-order valence-corrected chi connectivity index (χ3v) is 5.29. The van der Waals surface area contributed by atoms with Crippen LogP contribution in [0.2, 0.25) is 0 Å². The van der Waals surface area contributed by atoms with Gasteiger partial charge in [-0.25, -0.2) is 9.59 Å². The number of carbonyl (C=O) groups is 2. The van der Waals surface area contributed by atoms with Gasteiger partial charge in [0.25, 0.3) is 0 Å². The van der Waals surface area contributed by atoms with E-state index in [9.17, 15) is 9.59 Å². The van der Waals surface area contributed by atoms with Crippen molar-refractivity contribution in [2.75, 3.05) is 0 Å². The molecule has 0 bridgehead atoms. The minimum Gasteiger partial charge on any atom is -0.807 e. The van der Waals surface area contributed by atoms with Crippen molar-refractivity contribution in [2.45, 2.75) is 32.0 Å². The fraction of sp³-hybridized carbons (Fsp3) is 0.227. The van der Waals surface area contributed by atoms with Crippen LogP contribution in [0.5, 0.6) is 5.75 Å². The molecular formula is C22H18Na3O10P. The van der Waals surface area contributed by atoms with Crippen LogP contribution in [0.15, 0.2) is 63.8 Å². The van der Waals surface area contributed by atoms with Gasteiger partial charge in [-0.3, -0.25) is 0 Å². The fourth-order valence-electron chi connectivity index (χ4n) is 3.13. The predicted molar refractivity (Wildman–Crippen MR) is 110 cm³/mol. The summed E-state index contributed by atoms with van der Waals surface area (Å²) in [4.78, 5) is 51.1. The molecule has 0 saturated heterocycles. The number of esters is 1. The van der Waals surface area contributed by atoms with Crippen molar-refractivity contribution >= 4 is 30.2 Å². The Morgan fingerprint density at radius 1 is 1.03 bits per heavy atom. The Labute approximate surface area is 272 Å². The Hall–Kier alpha value is -0.460. The molecule has 10 nitrogen and oxygen atoms in total. The zero-order chi connectivity index (χ0) is 24.4. The van der Waals surface area contributed by atoms with Crippen LogP contribution in [0.25, 0.3) is 11.0 Å². The van der Waals surface area contributed by atoms with Crippen LogP contribution < -0.4 is 114 Å². The summed E-state index contributed by atoms with van der Waals surface area (Å²) in [5.41, 5.74) is -1.80. The quantitative estimate of drug-likeness (QED) is 0.134. The van der Waals surface area contributed by atoms with Crippen LogP contribution in [0.4, 0.5) is 4.79 Å². The van der Waals surface area contributed by atoms with E-state index >= 15 is 0 Å². The SMILES string of the molecule is CC(C)(OC(=O)c1ccccc1)C1Cc2cc3ccc(=O)oc3cc2O1.O=C([O-])P(=O)([O-])[O-].[Na+].[Na+].[Na+]. The second kappa shape index (κ2) is 14.6. The van der Waals surface area contributed by atoms with Crippen molar-refractivity contribution in [2.24, 2.45) is 0 Å². The second-order valence-corrected chi connectivity index (χ2v) is 9.05. The average molecular weight is 542 g/mol. The van der Waals surface area contributed by atoms with Crippen molar-refractivity contribution in [1.29, 1.82) is 0 Å². The van der Waals surface area contributed by atoms with Gasteiger partial charge in [-0.15, -0.1) is 0 Å². The van der Waals surface area contributed by atoms with E-state index in [0.717, 1.165) is 10.9 Å². The van der Waals surface area contributed by atoms with Crippen molar-refractivity contribution in [3.63, 3.8) is 0 Å². The molecule has 1 unspecified atom stereocenters. The molecule has 1 aromatic heterocycles. The summed E-state index contributed by atoms with van der Waals surface area (Å²) < 4.78 is 26.1. The zero-order valence-corrected chi connectivity index (χ0v) is 27.4. The van der Waals surface area contributed by atoms with E-state index in [2.05, 4.69) is 0 Å². The number of rotatable bonds is 4. The number of fused-ring (bicyclic) bond motifs is 2. The van der Waals surface area contributed by atoms with Crippen molar-refractivity contribution in [3.8, 4) is 5.75 Å². The van der Waals surface area contributed by atoms with E-state index < -0.39 is 24.5 Å². The summed E-state index contributed by atoms with van der Waals surface area (Å²) in [5, 5.41) is 9.86. The number of hydrogen-bond acceptors (Lipinski definition) is 10. The third kappa shape index (κ3) is 9.38. The molecule has 0 aliphatic carbocycles. The first-order valence-corrected chi connectivity index (χ1v) is 11.2. The van der Waals surface area contributed by atoms with Crippen LogP contribution in [-0.2, 0) is 15.7 Å². The topological polar surface area (TPSA) is 169 Å². The van der Waals surface area contributed by atoms with Gasteiger partial charge in [0, 0.05) is 23.9 Å². The molecule has 0 amide bonds. The van der Waals surface area contributed by atoms with Gasteiger partial charge in [0.05, 0.1) is 11.3 Å². The number of hydrogen-bond donors (Lipinski definition) is 0. The molecule has 0 N–H and O–H groups in total. The van der Waals surface area contributed by atoms with E-state index in [1.165, 1.54) is 6.07 Å². The molecule has 2 aromatic carbocycles. The van der Waals surface area contributed by atoms with Gasteiger partial charge in [-0.05, 0) is 51.3 Å². The summed E-state index contributed by atoms with van der Waals surface area (Å²) >= 11 is 0. The standard InChI is InChI=1S/C21H18O5.CH3O5P.3Na/c1-21(2,26-20(23)13-6-4-3-5-7-13)18-11-15-10-14-8-9-19(22)25-16(14)12-17(15)24-18;2-1(3)7(4,5)6;;;/h3-10,12,18H,11H2,1-2H3;(H,2,3)(H2,4,5,6);;;/q;;3*+1/p-3. The maximum atomic E-state index is 12.4. The van der Waals surface area contributed by atoms with Gasteiger partial charge in [0.2, 0.25) is 0 Å². The van der Waals surface area contributed by atoms with E-state index in [-0.39, 0.29) is 101 Å². The van der Waals surface area contributed by atoms with Crippen molar-refractivity contribution in [1.82, 2.24) is 0 Å². The molecule has 1 aliphatic heterocycles. The smallest absolute Gasteiger partial charge is 0.807 e. The minimum atomic E-state index is -5.43. The first-order valence-electron chi connectivity index (χ1n) is 9.62. The maximum absolute atomic E-state index is 12.4. The number of carboxylic acid groups (broad SMARTS) is 1. The monoisotopic (exact) mass is 542 g/mol. The number of benzene rings is 2. The van der Waals surface area contributed by atoms with E-state index in [1.807, 2.05) is 26.0 Å². The largest absolute Gasteiger partial charge is 1.00 e. The van der Waals surface area contributed by atoms with E-state index in [1.54, 1.807) is 36.4 Å². The maximum Gasteiger partial charge on any atom is 1.00 e. The second-order valence-electron chi connectivity index (χ2n) is 7.69. The summed E-state index contributed by atoms with van der Waals surface area (Å²) in [6.07, 6.45) is 0.285. The fourth-order valence-corrected chi connectivity index (χ4v) is 3.13. The normalized spacial score (nSPS) is 13.8. The average Bonchev–Trinajstić information content (AvgIpc) is 3.16. The molecule has 0 radical (unpaired) electrons. The Bertz CT molecular complexity index is 1300. The Kier molecular flexibility index (Phi) is 14.4. The van der Waals surface area contributed by atoms with Crippen LogP contribution >= 0.6 is 7.60 Å². The third-order valence-electron chi connectivity index (χ3n) is 4.84. The van der Waals surface area contributed by atoms with Crippen LogP contribution in [0.1, 0.15) is 29.8 Å². The molecule has 3 aromatic rings. The number of carbonyl (C=O) groups excluding carboxylic acids is 2. The first-order chi connectivity index (χ1) is 15.4. The summed E-state index contributed by atoms with van der Waals surface area (Å²) in [5.74, 6) is 0.270. The predicted octanol–water partition coefficient (Wildman–Crippen LogP) is -8.01. The van der Waals surface area contributed by atoms with Gasteiger partial charge in [0.15, 0.2) is 0 Å². The molecule has 1 atom stereocenters. The van der Waals surface area contributed by atoms with E-state index in [0.29, 0.717) is 23.3 Å². The Morgan fingerprint density at radius 2 is 1.61 bits per heavy atom. The van der Waals surface area contributed by atoms with Gasteiger partial charge < -0.3 is 38.1 Å². The Morgan fingerprint density at radius 3 is 2.17 bits per heavy atom. The van der Waals surface area contributed by atoms with Gasteiger partial charge in [-0.2, -0.15) is 0 Å². The van der Waals surface area contributed by atoms with Crippen LogP contribution in [-0.4, -0.2) is 23.4 Å². The molecule has 0 spiro atoms. The molecular weight excluding hydrogens is 524 g/mol. The molecule has 4 rings (SSSR count). The van der Waals surface area contributed by atoms with Gasteiger partial charge >= 0.3 is 100 Å². The first kappa shape index (κ1) is 35.5. The van der Waals surface area contributed by atoms with Crippen molar-refractivity contribution < 1.29 is 132 Å². The van der Waals surface area contributed by atoms with E-state index in [4.69, 9.17) is 38.1 Å². The minimum absolute atomic E-state index is 0. The summed E-state index contributed by atoms with van der Waals surface area (Å²) in [6.45, 7) is 3.68. The van der Waals surface area contributed by atoms with Crippen LogP contribution in [0.3, 0.4) is 0 Å². The van der Waals surface area contributed by atoms with Gasteiger partial charge in [0.1, 0.15) is 23.0 Å². The molecule has 0 saturated carbocycles. The molecule has 174 valence electrons. The Balaban J connectivity index is 0.00000109. The molecule has 14 heteroatoms. The zero-order valence-electron chi connectivity index (χ0n) is 20.5.